The average Bonchev–Trinajstić information content (AvgIpc) is 3.16. The molecule has 1 atom stereocenters. The molecule has 1 aromatic carbocycles. The highest BCUT2D eigenvalue weighted by molar-refractivity contribution is 6.30. The smallest absolute Gasteiger partial charge is 0.327 e. The molecule has 0 radical (unpaired) electrons. The molecule has 0 aliphatic heterocycles. The Morgan fingerprint density at radius 3 is 2.86 bits per heavy atom. The van der Waals surface area contributed by atoms with Gasteiger partial charge in [0.1, 0.15) is 18.7 Å². The second-order valence-corrected chi connectivity index (χ2v) is 6.66. The molecule has 3 heterocycles. The number of carbonyl (C=O) groups excluding carboxylic acids is 1. The first-order valence-corrected chi connectivity index (χ1v) is 9.20. The summed E-state index contributed by atoms with van der Waals surface area (Å²) in [4.78, 5) is 24.8. The number of carbonyl (C=O) groups is 1. The maximum absolute atomic E-state index is 11.6. The number of benzene rings is 1. The van der Waals surface area contributed by atoms with Gasteiger partial charge in [-0.3, -0.25) is 9.78 Å². The Labute approximate surface area is 171 Å². The maximum Gasteiger partial charge on any atom is 0.327 e. The molecule has 29 heavy (non-hydrogen) atoms. The normalized spacial score (nSPS) is 11.9. The van der Waals surface area contributed by atoms with Gasteiger partial charge < -0.3 is 10.1 Å². The van der Waals surface area contributed by atoms with Crippen LogP contribution in [-0.2, 0) is 16.1 Å². The number of methoxy groups -OCH3 is 1. The Hall–Kier alpha value is -3.52. The lowest BCUT2D eigenvalue weighted by atomic mass is 10.0. The predicted molar refractivity (Wildman–Crippen MR) is 108 cm³/mol. The number of aromatic nitrogens is 5. The topological polar surface area (TPSA) is 94.8 Å². The standard InChI is InChI=1S/C20H17ClN6O2/c1-29-17(28)11-27-20-15(10-25-27)19(23-12-24-20)26-18(16-7-2-3-8-22-16)13-5-4-6-14(21)9-13/h2-10,12,18H,11H2,1H3,(H,23,24,26). The van der Waals surface area contributed by atoms with Crippen LogP contribution in [0.5, 0.6) is 0 Å². The quantitative estimate of drug-likeness (QED) is 0.489. The summed E-state index contributed by atoms with van der Waals surface area (Å²) in [6, 6.07) is 13.0. The zero-order valence-electron chi connectivity index (χ0n) is 15.5. The van der Waals surface area contributed by atoms with E-state index in [4.69, 9.17) is 16.3 Å². The second-order valence-electron chi connectivity index (χ2n) is 6.22. The van der Waals surface area contributed by atoms with Crippen molar-refractivity contribution in [2.45, 2.75) is 12.6 Å². The number of pyridine rings is 1. The average molecular weight is 409 g/mol. The first-order chi connectivity index (χ1) is 14.2. The van der Waals surface area contributed by atoms with E-state index in [9.17, 15) is 4.79 Å². The van der Waals surface area contributed by atoms with Crippen LogP contribution in [0.15, 0.2) is 61.2 Å². The monoisotopic (exact) mass is 408 g/mol. The fourth-order valence-corrected chi connectivity index (χ4v) is 3.21. The molecule has 1 N–H and O–H groups in total. The van der Waals surface area contributed by atoms with E-state index >= 15 is 0 Å². The molecule has 8 nitrogen and oxygen atoms in total. The van der Waals surface area contributed by atoms with E-state index in [1.807, 2.05) is 42.5 Å². The van der Waals surface area contributed by atoms with E-state index in [0.717, 1.165) is 11.3 Å². The fraction of sp³-hybridized carbons (Fsp3) is 0.150. The van der Waals surface area contributed by atoms with Gasteiger partial charge in [0, 0.05) is 11.2 Å². The van der Waals surface area contributed by atoms with Crippen LogP contribution in [0.25, 0.3) is 11.0 Å². The Morgan fingerprint density at radius 2 is 2.10 bits per heavy atom. The first kappa shape index (κ1) is 18.8. The molecule has 0 spiro atoms. The number of ether oxygens (including phenoxy) is 1. The van der Waals surface area contributed by atoms with Crippen molar-refractivity contribution in [1.82, 2.24) is 24.7 Å². The summed E-state index contributed by atoms with van der Waals surface area (Å²) < 4.78 is 6.19. The van der Waals surface area contributed by atoms with E-state index in [1.54, 1.807) is 12.4 Å². The molecular weight excluding hydrogens is 392 g/mol. The summed E-state index contributed by atoms with van der Waals surface area (Å²) in [6.45, 7) is -0.0333. The molecule has 4 aromatic rings. The lowest BCUT2D eigenvalue weighted by Crippen LogP contribution is -2.15. The van der Waals surface area contributed by atoms with Crippen LogP contribution in [0.3, 0.4) is 0 Å². The number of nitrogens with zero attached hydrogens (tertiary/aromatic N) is 5. The third-order valence-electron chi connectivity index (χ3n) is 4.39. The summed E-state index contributed by atoms with van der Waals surface area (Å²) in [5.74, 6) is 0.162. The van der Waals surface area contributed by atoms with Gasteiger partial charge in [-0.05, 0) is 29.8 Å². The second kappa shape index (κ2) is 8.24. The molecule has 0 aliphatic carbocycles. The van der Waals surface area contributed by atoms with Crippen molar-refractivity contribution < 1.29 is 9.53 Å². The van der Waals surface area contributed by atoms with Crippen molar-refractivity contribution in [3.63, 3.8) is 0 Å². The van der Waals surface area contributed by atoms with Gasteiger partial charge in [0.2, 0.25) is 0 Å². The molecule has 0 bridgehead atoms. The molecule has 1 unspecified atom stereocenters. The third kappa shape index (κ3) is 4.02. The minimum atomic E-state index is -0.409. The Bertz CT molecular complexity index is 1150. The molecule has 4 rings (SSSR count). The molecule has 0 aliphatic rings. The highest BCUT2D eigenvalue weighted by Gasteiger charge is 2.19. The first-order valence-electron chi connectivity index (χ1n) is 8.82. The Morgan fingerprint density at radius 1 is 1.21 bits per heavy atom. The maximum atomic E-state index is 11.6. The summed E-state index contributed by atoms with van der Waals surface area (Å²) >= 11 is 6.21. The molecule has 0 saturated carbocycles. The predicted octanol–water partition coefficient (Wildman–Crippen LogP) is 3.25. The molecule has 0 saturated heterocycles. The summed E-state index contributed by atoms with van der Waals surface area (Å²) in [5, 5.41) is 8.98. The van der Waals surface area contributed by atoms with Crippen molar-refractivity contribution in [1.29, 1.82) is 0 Å². The van der Waals surface area contributed by atoms with E-state index in [1.165, 1.54) is 18.1 Å². The lowest BCUT2D eigenvalue weighted by molar-refractivity contribution is -0.141. The molecule has 146 valence electrons. The van der Waals surface area contributed by atoms with Gasteiger partial charge in [0.25, 0.3) is 0 Å². The van der Waals surface area contributed by atoms with Crippen molar-refractivity contribution in [3.8, 4) is 0 Å². The van der Waals surface area contributed by atoms with Gasteiger partial charge in [-0.25, -0.2) is 14.6 Å². The van der Waals surface area contributed by atoms with Crippen LogP contribution in [0, 0.1) is 0 Å². The van der Waals surface area contributed by atoms with Crippen LogP contribution < -0.4 is 5.32 Å². The number of rotatable bonds is 6. The van der Waals surface area contributed by atoms with Gasteiger partial charge in [0.05, 0.1) is 30.4 Å². The lowest BCUT2D eigenvalue weighted by Gasteiger charge is -2.20. The van der Waals surface area contributed by atoms with Gasteiger partial charge in [-0.15, -0.1) is 0 Å². The van der Waals surface area contributed by atoms with Gasteiger partial charge in [-0.2, -0.15) is 5.10 Å². The zero-order chi connectivity index (χ0) is 20.2. The largest absolute Gasteiger partial charge is 0.468 e. The Kier molecular flexibility index (Phi) is 5.35. The minimum Gasteiger partial charge on any atom is -0.468 e. The number of nitrogens with one attached hydrogen (secondary N) is 1. The number of anilines is 1. The molecule has 3 aromatic heterocycles. The van der Waals surface area contributed by atoms with Gasteiger partial charge in [0.15, 0.2) is 5.65 Å². The fourth-order valence-electron chi connectivity index (χ4n) is 3.01. The Balaban J connectivity index is 1.75. The number of halogens is 1. The van der Waals surface area contributed by atoms with Crippen LogP contribution in [0.2, 0.25) is 5.02 Å². The summed E-state index contributed by atoms with van der Waals surface area (Å²) in [7, 11) is 1.33. The molecular formula is C20H17ClN6O2. The van der Waals surface area contributed by atoms with E-state index < -0.39 is 5.97 Å². The van der Waals surface area contributed by atoms with Crippen LogP contribution >= 0.6 is 11.6 Å². The number of hydrogen-bond donors (Lipinski definition) is 1. The molecule has 0 amide bonds. The molecule has 0 fully saturated rings. The van der Waals surface area contributed by atoms with Crippen molar-refractivity contribution >= 4 is 34.4 Å². The summed E-state index contributed by atoms with van der Waals surface area (Å²) in [5.41, 5.74) is 2.27. The molecule has 9 heteroatoms. The third-order valence-corrected chi connectivity index (χ3v) is 4.62. The highest BCUT2D eigenvalue weighted by atomic mass is 35.5. The number of fused-ring (bicyclic) bond motifs is 1. The number of hydrogen-bond acceptors (Lipinski definition) is 7. The van der Waals surface area contributed by atoms with Crippen molar-refractivity contribution in [2.75, 3.05) is 12.4 Å². The minimum absolute atomic E-state index is 0.0333. The highest BCUT2D eigenvalue weighted by Crippen LogP contribution is 2.29. The zero-order valence-corrected chi connectivity index (χ0v) is 16.2. The SMILES string of the molecule is COC(=O)Cn1ncc2c(NC(c3cccc(Cl)c3)c3ccccn3)ncnc21. The van der Waals surface area contributed by atoms with E-state index in [0.29, 0.717) is 21.9 Å². The number of esters is 1. The van der Waals surface area contributed by atoms with Gasteiger partial charge in [-0.1, -0.05) is 29.8 Å². The summed E-state index contributed by atoms with van der Waals surface area (Å²) in [6.07, 6.45) is 4.78. The van der Waals surface area contributed by atoms with Crippen molar-refractivity contribution in [3.05, 3.63) is 77.5 Å². The van der Waals surface area contributed by atoms with E-state index in [-0.39, 0.29) is 12.6 Å². The van der Waals surface area contributed by atoms with Gasteiger partial charge >= 0.3 is 5.97 Å². The van der Waals surface area contributed by atoms with Crippen LogP contribution in [0.1, 0.15) is 17.3 Å². The van der Waals surface area contributed by atoms with Crippen molar-refractivity contribution in [2.24, 2.45) is 0 Å². The van der Waals surface area contributed by atoms with Crippen LogP contribution in [-0.4, -0.2) is 37.8 Å². The van der Waals surface area contributed by atoms with E-state index in [2.05, 4.69) is 25.4 Å². The van der Waals surface area contributed by atoms with Crippen LogP contribution in [0.4, 0.5) is 5.82 Å².